The van der Waals surface area contributed by atoms with E-state index in [1.54, 1.807) is 12.1 Å². The van der Waals surface area contributed by atoms with E-state index in [4.69, 9.17) is 16.9 Å². The van der Waals surface area contributed by atoms with E-state index in [-0.39, 0.29) is 12.4 Å². The standard InChI is InChI=1S/C7H8N4O/c8-3-5-1-2-6(4-12-10)11-7(5)9/h1-2H,4,10H2,(H2,9,11). The van der Waals surface area contributed by atoms with E-state index in [1.165, 1.54) is 0 Å². The molecule has 0 spiro atoms. The molecule has 0 aromatic carbocycles. The van der Waals surface area contributed by atoms with E-state index in [0.29, 0.717) is 11.3 Å². The lowest BCUT2D eigenvalue weighted by atomic mass is 10.2. The summed E-state index contributed by atoms with van der Waals surface area (Å²) in [6.45, 7) is 0.190. The maximum atomic E-state index is 8.51. The molecular weight excluding hydrogens is 156 g/mol. The molecule has 0 saturated carbocycles. The van der Waals surface area contributed by atoms with Crippen LogP contribution in [-0.4, -0.2) is 4.98 Å². The highest BCUT2D eigenvalue weighted by molar-refractivity contribution is 5.48. The van der Waals surface area contributed by atoms with Gasteiger partial charge in [-0.3, -0.25) is 4.84 Å². The van der Waals surface area contributed by atoms with Gasteiger partial charge in [0.15, 0.2) is 0 Å². The predicted octanol–water partition coefficient (Wildman–Crippen LogP) is -0.0742. The maximum Gasteiger partial charge on any atom is 0.141 e. The first-order valence-corrected chi connectivity index (χ1v) is 3.25. The van der Waals surface area contributed by atoms with Gasteiger partial charge in [0.2, 0.25) is 0 Å². The first-order chi connectivity index (χ1) is 5.77. The van der Waals surface area contributed by atoms with E-state index in [2.05, 4.69) is 9.82 Å². The molecule has 5 heteroatoms. The van der Waals surface area contributed by atoms with Crippen LogP contribution in [-0.2, 0) is 11.4 Å². The lowest BCUT2D eigenvalue weighted by molar-refractivity contribution is 0.121. The zero-order valence-corrected chi connectivity index (χ0v) is 6.32. The largest absolute Gasteiger partial charge is 0.383 e. The molecule has 0 atom stereocenters. The molecule has 1 rings (SSSR count). The summed E-state index contributed by atoms with van der Waals surface area (Å²) in [5.41, 5.74) is 6.39. The van der Waals surface area contributed by atoms with Gasteiger partial charge in [0.05, 0.1) is 11.3 Å². The molecule has 0 bridgehead atoms. The van der Waals surface area contributed by atoms with Crippen molar-refractivity contribution in [2.45, 2.75) is 6.61 Å². The summed E-state index contributed by atoms with van der Waals surface area (Å²) >= 11 is 0. The fourth-order valence-electron chi connectivity index (χ4n) is 0.777. The summed E-state index contributed by atoms with van der Waals surface area (Å²) in [5.74, 6) is 5.04. The minimum Gasteiger partial charge on any atom is -0.383 e. The molecule has 0 aliphatic heterocycles. The monoisotopic (exact) mass is 164 g/mol. The van der Waals surface area contributed by atoms with Gasteiger partial charge in [-0.2, -0.15) is 5.26 Å². The van der Waals surface area contributed by atoms with Crippen molar-refractivity contribution < 1.29 is 4.84 Å². The predicted molar refractivity (Wildman–Crippen MR) is 42.3 cm³/mol. The van der Waals surface area contributed by atoms with Gasteiger partial charge in [0.25, 0.3) is 0 Å². The Bertz CT molecular complexity index is 318. The number of aromatic nitrogens is 1. The quantitative estimate of drug-likeness (QED) is 0.596. The smallest absolute Gasteiger partial charge is 0.141 e. The Morgan fingerprint density at radius 1 is 1.58 bits per heavy atom. The van der Waals surface area contributed by atoms with Crippen LogP contribution in [0.1, 0.15) is 11.3 Å². The number of anilines is 1. The van der Waals surface area contributed by atoms with Crippen LogP contribution in [0.4, 0.5) is 5.82 Å². The van der Waals surface area contributed by atoms with Gasteiger partial charge in [-0.05, 0) is 12.1 Å². The molecule has 0 amide bonds. The van der Waals surface area contributed by atoms with Crippen molar-refractivity contribution in [3.8, 4) is 6.07 Å². The number of nitrogens with two attached hydrogens (primary N) is 2. The van der Waals surface area contributed by atoms with Crippen molar-refractivity contribution in [2.24, 2.45) is 5.90 Å². The fraction of sp³-hybridized carbons (Fsp3) is 0.143. The van der Waals surface area contributed by atoms with E-state index in [0.717, 1.165) is 0 Å². The average molecular weight is 164 g/mol. The van der Waals surface area contributed by atoms with Gasteiger partial charge in [-0.25, -0.2) is 10.9 Å². The third-order valence-corrected chi connectivity index (χ3v) is 1.33. The van der Waals surface area contributed by atoms with Gasteiger partial charge >= 0.3 is 0 Å². The second-order valence-corrected chi connectivity index (χ2v) is 2.16. The summed E-state index contributed by atoms with van der Waals surface area (Å²) in [6, 6.07) is 5.13. The van der Waals surface area contributed by atoms with Crippen molar-refractivity contribution in [2.75, 3.05) is 5.73 Å². The lowest BCUT2D eigenvalue weighted by Gasteiger charge is -2.00. The van der Waals surface area contributed by atoms with E-state index >= 15 is 0 Å². The summed E-state index contributed by atoms with van der Waals surface area (Å²) in [4.78, 5) is 8.24. The average Bonchev–Trinajstić information content (AvgIpc) is 2.05. The second-order valence-electron chi connectivity index (χ2n) is 2.16. The Labute approximate surface area is 69.5 Å². The van der Waals surface area contributed by atoms with Crippen LogP contribution in [0.25, 0.3) is 0 Å². The highest BCUT2D eigenvalue weighted by Crippen LogP contribution is 2.08. The van der Waals surface area contributed by atoms with Crippen molar-refractivity contribution >= 4 is 5.82 Å². The normalized spacial score (nSPS) is 9.33. The van der Waals surface area contributed by atoms with E-state index in [9.17, 15) is 0 Å². The molecule has 0 aliphatic rings. The lowest BCUT2D eigenvalue weighted by Crippen LogP contribution is -2.03. The fourth-order valence-corrected chi connectivity index (χ4v) is 0.777. The van der Waals surface area contributed by atoms with Crippen LogP contribution in [0, 0.1) is 11.3 Å². The molecular formula is C7H8N4O. The third-order valence-electron chi connectivity index (χ3n) is 1.33. The molecule has 62 valence electrons. The summed E-state index contributed by atoms with van der Waals surface area (Å²) in [5, 5.41) is 8.51. The van der Waals surface area contributed by atoms with Gasteiger partial charge < -0.3 is 5.73 Å². The zero-order valence-electron chi connectivity index (χ0n) is 6.32. The third kappa shape index (κ3) is 1.69. The molecule has 0 unspecified atom stereocenters. The molecule has 5 nitrogen and oxygen atoms in total. The number of pyridine rings is 1. The van der Waals surface area contributed by atoms with Gasteiger partial charge in [0.1, 0.15) is 18.5 Å². The Hall–Kier alpha value is -1.64. The first kappa shape index (κ1) is 8.46. The van der Waals surface area contributed by atoms with Crippen LogP contribution in [0.15, 0.2) is 12.1 Å². The second kappa shape index (κ2) is 3.67. The molecule has 1 aromatic heterocycles. The maximum absolute atomic E-state index is 8.51. The number of nitriles is 1. The SMILES string of the molecule is N#Cc1ccc(CON)nc1N. The van der Waals surface area contributed by atoms with Gasteiger partial charge in [0, 0.05) is 0 Å². The Morgan fingerprint density at radius 3 is 2.83 bits per heavy atom. The summed E-state index contributed by atoms with van der Waals surface area (Å²) < 4.78 is 0. The molecule has 0 fully saturated rings. The van der Waals surface area contributed by atoms with E-state index < -0.39 is 0 Å². The molecule has 1 heterocycles. The van der Waals surface area contributed by atoms with Crippen LogP contribution in [0.3, 0.4) is 0 Å². The number of rotatable bonds is 2. The van der Waals surface area contributed by atoms with E-state index in [1.807, 2.05) is 6.07 Å². The van der Waals surface area contributed by atoms with Crippen LogP contribution < -0.4 is 11.6 Å². The number of hydrogen-bond donors (Lipinski definition) is 2. The van der Waals surface area contributed by atoms with Crippen molar-refractivity contribution in [3.63, 3.8) is 0 Å². The summed E-state index contributed by atoms with van der Waals surface area (Å²) in [6.07, 6.45) is 0. The number of hydrogen-bond acceptors (Lipinski definition) is 5. The van der Waals surface area contributed by atoms with Crippen LogP contribution >= 0.6 is 0 Å². The summed E-state index contributed by atoms with van der Waals surface area (Å²) in [7, 11) is 0. The highest BCUT2D eigenvalue weighted by atomic mass is 16.6. The zero-order chi connectivity index (χ0) is 8.97. The van der Waals surface area contributed by atoms with Crippen molar-refractivity contribution in [3.05, 3.63) is 23.4 Å². The molecule has 4 N–H and O–H groups in total. The van der Waals surface area contributed by atoms with Crippen LogP contribution in [0.5, 0.6) is 0 Å². The van der Waals surface area contributed by atoms with Gasteiger partial charge in [-0.1, -0.05) is 0 Å². The highest BCUT2D eigenvalue weighted by Gasteiger charge is 2.00. The molecule has 1 aromatic rings. The number of nitrogen functional groups attached to an aromatic ring is 1. The molecule has 0 radical (unpaired) electrons. The number of nitrogens with zero attached hydrogens (tertiary/aromatic N) is 2. The minimum atomic E-state index is 0.190. The van der Waals surface area contributed by atoms with Crippen molar-refractivity contribution in [1.29, 1.82) is 5.26 Å². The van der Waals surface area contributed by atoms with Gasteiger partial charge in [-0.15, -0.1) is 0 Å². The topological polar surface area (TPSA) is 97.9 Å². The first-order valence-electron chi connectivity index (χ1n) is 3.25. The minimum absolute atomic E-state index is 0.190. The molecule has 0 saturated heterocycles. The Morgan fingerprint density at radius 2 is 2.33 bits per heavy atom. The van der Waals surface area contributed by atoms with Crippen molar-refractivity contribution in [1.82, 2.24) is 4.98 Å². The molecule has 0 aliphatic carbocycles. The molecule has 12 heavy (non-hydrogen) atoms. The Balaban J connectivity index is 2.96. The van der Waals surface area contributed by atoms with Crippen LogP contribution in [0.2, 0.25) is 0 Å². The Kier molecular flexibility index (Phi) is 2.58.